The standard InChI is InChI=1S/C18H21N3O4S/c1-4-18(3)17(22)15(13-10-20-21(5-2)11-13)16(25-18)12-6-8-14(9-7-12)26(19,23)24/h6-11H,4-5H2,1-3H3,(H2,19,23,24). The molecular weight excluding hydrogens is 354 g/mol. The molecule has 8 heteroatoms. The van der Waals surface area contributed by atoms with Crippen molar-refractivity contribution >= 4 is 27.1 Å². The molecule has 0 saturated heterocycles. The van der Waals surface area contributed by atoms with Gasteiger partial charge in [0, 0.05) is 23.9 Å². The van der Waals surface area contributed by atoms with Crippen molar-refractivity contribution in [2.24, 2.45) is 5.14 Å². The molecule has 0 saturated carbocycles. The highest BCUT2D eigenvalue weighted by molar-refractivity contribution is 7.89. The highest BCUT2D eigenvalue weighted by Crippen LogP contribution is 2.42. The minimum atomic E-state index is -3.78. The summed E-state index contributed by atoms with van der Waals surface area (Å²) in [5, 5.41) is 9.39. The molecule has 138 valence electrons. The van der Waals surface area contributed by atoms with E-state index in [0.717, 1.165) is 0 Å². The maximum absolute atomic E-state index is 13.0. The Bertz CT molecular complexity index is 990. The molecule has 2 N–H and O–H groups in total. The van der Waals surface area contributed by atoms with Gasteiger partial charge in [-0.2, -0.15) is 5.10 Å². The van der Waals surface area contributed by atoms with Gasteiger partial charge >= 0.3 is 0 Å². The molecule has 0 spiro atoms. The van der Waals surface area contributed by atoms with E-state index in [1.807, 2.05) is 13.8 Å². The summed E-state index contributed by atoms with van der Waals surface area (Å²) in [6.45, 7) is 6.29. The zero-order chi connectivity index (χ0) is 19.1. The quantitative estimate of drug-likeness (QED) is 0.862. The topological polar surface area (TPSA) is 104 Å². The van der Waals surface area contributed by atoms with E-state index < -0.39 is 15.6 Å². The second-order valence-corrected chi connectivity index (χ2v) is 7.94. The largest absolute Gasteiger partial charge is 0.478 e. The lowest BCUT2D eigenvalue weighted by atomic mass is 9.91. The molecule has 0 aliphatic carbocycles. The maximum atomic E-state index is 13.0. The average Bonchev–Trinajstić information content (AvgIpc) is 3.18. The van der Waals surface area contributed by atoms with Gasteiger partial charge in [0.05, 0.1) is 16.7 Å². The van der Waals surface area contributed by atoms with E-state index in [1.165, 1.54) is 12.1 Å². The third-order valence-electron chi connectivity index (χ3n) is 4.63. The highest BCUT2D eigenvalue weighted by Gasteiger charge is 2.45. The Morgan fingerprint density at radius 3 is 2.35 bits per heavy atom. The second kappa shape index (κ2) is 6.37. The van der Waals surface area contributed by atoms with E-state index in [-0.39, 0.29) is 10.7 Å². The number of rotatable bonds is 5. The number of Topliss-reactive ketones (excluding diaryl/α,β-unsaturated/α-hetero) is 1. The number of carbonyl (C=O) groups excluding carboxylic acids is 1. The van der Waals surface area contributed by atoms with E-state index in [0.29, 0.717) is 35.4 Å². The van der Waals surface area contributed by atoms with Crippen molar-refractivity contribution in [2.45, 2.75) is 44.2 Å². The van der Waals surface area contributed by atoms with Gasteiger partial charge in [0.15, 0.2) is 5.60 Å². The fraction of sp³-hybridized carbons (Fsp3) is 0.333. The smallest absolute Gasteiger partial charge is 0.238 e. The molecule has 2 aromatic rings. The van der Waals surface area contributed by atoms with Gasteiger partial charge in [-0.3, -0.25) is 9.48 Å². The number of benzene rings is 1. The minimum absolute atomic E-state index is 0.00443. The van der Waals surface area contributed by atoms with Crippen LogP contribution < -0.4 is 5.14 Å². The molecule has 1 aromatic carbocycles. The van der Waals surface area contributed by atoms with Crippen LogP contribution in [0.2, 0.25) is 0 Å². The Balaban J connectivity index is 2.14. The van der Waals surface area contributed by atoms with Crippen LogP contribution in [0.25, 0.3) is 11.3 Å². The average molecular weight is 375 g/mol. The van der Waals surface area contributed by atoms with Crippen molar-refractivity contribution in [3.63, 3.8) is 0 Å². The molecule has 7 nitrogen and oxygen atoms in total. The number of primary sulfonamides is 1. The van der Waals surface area contributed by atoms with Gasteiger partial charge in [0.2, 0.25) is 15.8 Å². The third kappa shape index (κ3) is 3.06. The van der Waals surface area contributed by atoms with Crippen LogP contribution in [0.1, 0.15) is 38.3 Å². The van der Waals surface area contributed by atoms with Crippen LogP contribution in [0, 0.1) is 0 Å². The molecule has 1 unspecified atom stereocenters. The molecular formula is C18H21N3O4S. The number of nitrogens with zero attached hydrogens (tertiary/aromatic N) is 2. The first kappa shape index (κ1) is 18.3. The van der Waals surface area contributed by atoms with Crippen molar-refractivity contribution in [1.82, 2.24) is 9.78 Å². The van der Waals surface area contributed by atoms with E-state index in [4.69, 9.17) is 9.88 Å². The van der Waals surface area contributed by atoms with E-state index >= 15 is 0 Å². The Morgan fingerprint density at radius 1 is 1.19 bits per heavy atom. The van der Waals surface area contributed by atoms with Crippen LogP contribution in [-0.2, 0) is 26.1 Å². The number of nitrogens with two attached hydrogens (primary N) is 1. The van der Waals surface area contributed by atoms with Gasteiger partial charge in [0.25, 0.3) is 0 Å². The second-order valence-electron chi connectivity index (χ2n) is 6.37. The zero-order valence-corrected chi connectivity index (χ0v) is 15.7. The molecule has 1 aliphatic heterocycles. The van der Waals surface area contributed by atoms with Crippen molar-refractivity contribution in [2.75, 3.05) is 0 Å². The summed E-state index contributed by atoms with van der Waals surface area (Å²) in [6.07, 6.45) is 3.95. The predicted octanol–water partition coefficient (Wildman–Crippen LogP) is 2.19. The van der Waals surface area contributed by atoms with Crippen molar-refractivity contribution in [1.29, 1.82) is 0 Å². The van der Waals surface area contributed by atoms with Gasteiger partial charge in [0.1, 0.15) is 5.76 Å². The number of aryl methyl sites for hydroxylation is 1. The summed E-state index contributed by atoms with van der Waals surface area (Å²) >= 11 is 0. The lowest BCUT2D eigenvalue weighted by Crippen LogP contribution is -2.32. The molecule has 2 heterocycles. The Morgan fingerprint density at radius 2 is 1.85 bits per heavy atom. The van der Waals surface area contributed by atoms with E-state index in [2.05, 4.69) is 5.10 Å². The predicted molar refractivity (Wildman–Crippen MR) is 97.3 cm³/mol. The van der Waals surface area contributed by atoms with Crippen LogP contribution in [0.3, 0.4) is 0 Å². The maximum Gasteiger partial charge on any atom is 0.238 e. The van der Waals surface area contributed by atoms with Crippen molar-refractivity contribution in [3.05, 3.63) is 47.8 Å². The number of hydrogen-bond acceptors (Lipinski definition) is 5. The van der Waals surface area contributed by atoms with Crippen LogP contribution in [0.5, 0.6) is 0 Å². The van der Waals surface area contributed by atoms with E-state index in [1.54, 1.807) is 36.1 Å². The summed E-state index contributed by atoms with van der Waals surface area (Å²) in [4.78, 5) is 13.0. The number of carbonyl (C=O) groups is 1. The molecule has 26 heavy (non-hydrogen) atoms. The van der Waals surface area contributed by atoms with Crippen molar-refractivity contribution in [3.8, 4) is 0 Å². The first-order valence-electron chi connectivity index (χ1n) is 8.33. The van der Waals surface area contributed by atoms with Crippen LogP contribution in [0.15, 0.2) is 41.6 Å². The molecule has 3 rings (SSSR count). The zero-order valence-electron chi connectivity index (χ0n) is 14.9. The van der Waals surface area contributed by atoms with Gasteiger partial charge < -0.3 is 4.74 Å². The summed E-state index contributed by atoms with van der Waals surface area (Å²) in [5.74, 6) is 0.317. The molecule has 0 bridgehead atoms. The van der Waals surface area contributed by atoms with Gasteiger partial charge in [-0.1, -0.05) is 6.92 Å². The molecule has 0 amide bonds. The lowest BCUT2D eigenvalue weighted by Gasteiger charge is -2.21. The molecule has 1 aliphatic rings. The third-order valence-corrected chi connectivity index (χ3v) is 5.56. The van der Waals surface area contributed by atoms with Gasteiger partial charge in [-0.05, 0) is 44.5 Å². The highest BCUT2D eigenvalue weighted by atomic mass is 32.2. The molecule has 0 radical (unpaired) electrons. The van der Waals surface area contributed by atoms with Crippen LogP contribution >= 0.6 is 0 Å². The Hall–Kier alpha value is -2.45. The summed E-state index contributed by atoms with van der Waals surface area (Å²) in [6, 6.07) is 5.99. The van der Waals surface area contributed by atoms with Gasteiger partial charge in [-0.15, -0.1) is 0 Å². The lowest BCUT2D eigenvalue weighted by molar-refractivity contribution is -0.126. The van der Waals surface area contributed by atoms with E-state index in [9.17, 15) is 13.2 Å². The number of sulfonamides is 1. The van der Waals surface area contributed by atoms with Gasteiger partial charge in [-0.25, -0.2) is 13.6 Å². The number of hydrogen-bond donors (Lipinski definition) is 1. The fourth-order valence-corrected chi connectivity index (χ4v) is 3.37. The Kier molecular flexibility index (Phi) is 4.49. The Labute approximate surface area is 152 Å². The fourth-order valence-electron chi connectivity index (χ4n) is 2.85. The first-order valence-corrected chi connectivity index (χ1v) is 9.88. The first-order chi connectivity index (χ1) is 12.2. The van der Waals surface area contributed by atoms with Crippen molar-refractivity contribution < 1.29 is 17.9 Å². The SMILES string of the molecule is CCn1cc(C2=C(c3ccc(S(N)(=O)=O)cc3)OC(C)(CC)C2=O)cn1. The summed E-state index contributed by atoms with van der Waals surface area (Å²) in [5.41, 5.74) is 0.788. The number of ether oxygens (including phenoxy) is 1. The minimum Gasteiger partial charge on any atom is -0.478 e. The van der Waals surface area contributed by atoms with Crippen LogP contribution in [-0.4, -0.2) is 29.6 Å². The van der Waals surface area contributed by atoms with Crippen LogP contribution in [0.4, 0.5) is 0 Å². The normalized spacial score (nSPS) is 20.5. The molecule has 1 atom stereocenters. The summed E-state index contributed by atoms with van der Waals surface area (Å²) < 4.78 is 30.7. The summed E-state index contributed by atoms with van der Waals surface area (Å²) in [7, 11) is -3.78. The number of ketones is 1. The molecule has 1 aromatic heterocycles. The molecule has 0 fully saturated rings. The monoisotopic (exact) mass is 375 g/mol. The number of aromatic nitrogens is 2.